The van der Waals surface area contributed by atoms with E-state index in [1.165, 1.54) is 5.56 Å². The lowest BCUT2D eigenvalue weighted by Gasteiger charge is -2.30. The average Bonchev–Trinajstić information content (AvgIpc) is 3.11. The van der Waals surface area contributed by atoms with Crippen LogP contribution in [0.4, 0.5) is 0 Å². The van der Waals surface area contributed by atoms with Gasteiger partial charge >= 0.3 is 5.97 Å². The van der Waals surface area contributed by atoms with Crippen LogP contribution in [0.15, 0.2) is 18.3 Å². The van der Waals surface area contributed by atoms with E-state index in [9.17, 15) is 14.7 Å². The molecule has 4 atom stereocenters. The van der Waals surface area contributed by atoms with E-state index < -0.39 is 5.97 Å². The van der Waals surface area contributed by atoms with E-state index in [4.69, 9.17) is 0 Å². The Kier molecular flexibility index (Phi) is 3.17. The predicted molar refractivity (Wildman–Crippen MR) is 79.2 cm³/mol. The molecule has 2 saturated heterocycles. The number of aryl methyl sites for hydroxylation is 1. The summed E-state index contributed by atoms with van der Waals surface area (Å²) in [5.41, 5.74) is 2.28. The van der Waals surface area contributed by atoms with Crippen LogP contribution >= 0.6 is 0 Å². The van der Waals surface area contributed by atoms with Gasteiger partial charge in [-0.15, -0.1) is 0 Å². The van der Waals surface area contributed by atoms with Crippen LogP contribution in [0.1, 0.15) is 36.9 Å². The highest BCUT2D eigenvalue weighted by molar-refractivity contribution is 5.83. The molecule has 2 fully saturated rings. The van der Waals surface area contributed by atoms with Gasteiger partial charge in [-0.3, -0.25) is 14.6 Å². The van der Waals surface area contributed by atoms with E-state index >= 15 is 0 Å². The maximum absolute atomic E-state index is 13.0. The number of carbonyl (C=O) groups excluding carboxylic acids is 1. The lowest BCUT2D eigenvalue weighted by molar-refractivity contribution is -0.143. The van der Waals surface area contributed by atoms with Gasteiger partial charge in [0.1, 0.15) is 0 Å². The Morgan fingerprint density at radius 3 is 2.91 bits per heavy atom. The number of aromatic nitrogens is 1. The first kappa shape index (κ1) is 13.7. The van der Waals surface area contributed by atoms with Crippen LogP contribution in [0.2, 0.25) is 0 Å². The number of fused-ring (bicyclic) bond motifs is 3. The molecule has 2 bridgehead atoms. The van der Waals surface area contributed by atoms with Crippen LogP contribution in [-0.4, -0.2) is 39.0 Å². The first-order chi connectivity index (χ1) is 10.6. The third kappa shape index (κ3) is 2.02. The van der Waals surface area contributed by atoms with E-state index in [-0.39, 0.29) is 29.8 Å². The molecule has 1 aliphatic carbocycles. The normalized spacial score (nSPS) is 32.8. The van der Waals surface area contributed by atoms with Crippen molar-refractivity contribution in [2.45, 2.75) is 50.6 Å². The fourth-order valence-corrected chi connectivity index (χ4v) is 4.58. The summed E-state index contributed by atoms with van der Waals surface area (Å²) >= 11 is 0. The van der Waals surface area contributed by atoms with E-state index in [1.807, 2.05) is 11.0 Å². The molecule has 116 valence electrons. The number of carboxylic acids is 1. The lowest BCUT2D eigenvalue weighted by atomic mass is 9.85. The molecule has 5 heteroatoms. The van der Waals surface area contributed by atoms with Crippen molar-refractivity contribution in [3.8, 4) is 0 Å². The minimum Gasteiger partial charge on any atom is -0.481 e. The number of carboxylic acid groups (broad SMARTS) is 1. The first-order valence-corrected chi connectivity index (χ1v) is 8.13. The van der Waals surface area contributed by atoms with Crippen LogP contribution < -0.4 is 0 Å². The number of rotatable bonds is 2. The molecule has 0 saturated carbocycles. The van der Waals surface area contributed by atoms with Crippen LogP contribution in [-0.2, 0) is 22.4 Å². The fraction of sp³-hybridized carbons (Fsp3) is 0.588. The monoisotopic (exact) mass is 300 g/mol. The van der Waals surface area contributed by atoms with Crippen molar-refractivity contribution < 1.29 is 14.7 Å². The molecule has 1 amide bonds. The molecular weight excluding hydrogens is 280 g/mol. The highest BCUT2D eigenvalue weighted by Crippen LogP contribution is 2.43. The molecular formula is C17H20N2O3. The van der Waals surface area contributed by atoms with E-state index in [0.717, 1.165) is 37.8 Å². The number of nitrogens with zero attached hydrogens (tertiary/aromatic N) is 2. The first-order valence-electron chi connectivity index (χ1n) is 8.13. The van der Waals surface area contributed by atoms with Crippen LogP contribution in [0.25, 0.3) is 0 Å². The molecule has 1 aromatic heterocycles. The summed E-state index contributed by atoms with van der Waals surface area (Å²) < 4.78 is 0. The Labute approximate surface area is 129 Å². The zero-order chi connectivity index (χ0) is 15.3. The number of amides is 1. The molecule has 2 aliphatic heterocycles. The van der Waals surface area contributed by atoms with E-state index in [0.29, 0.717) is 6.42 Å². The second kappa shape index (κ2) is 5.07. The van der Waals surface area contributed by atoms with Crippen molar-refractivity contribution in [2.24, 2.45) is 11.8 Å². The zero-order valence-corrected chi connectivity index (χ0v) is 12.4. The fourth-order valence-electron chi connectivity index (χ4n) is 4.58. The molecule has 1 aromatic rings. The predicted octanol–water partition coefficient (Wildman–Crippen LogP) is 1.65. The van der Waals surface area contributed by atoms with Crippen molar-refractivity contribution in [2.75, 3.05) is 0 Å². The second-order valence-corrected chi connectivity index (χ2v) is 6.77. The van der Waals surface area contributed by atoms with Crippen LogP contribution in [0.3, 0.4) is 0 Å². The van der Waals surface area contributed by atoms with Gasteiger partial charge in [-0.2, -0.15) is 0 Å². The van der Waals surface area contributed by atoms with Gasteiger partial charge < -0.3 is 10.0 Å². The third-order valence-electron chi connectivity index (χ3n) is 5.64. The molecule has 4 rings (SSSR count). The molecule has 22 heavy (non-hydrogen) atoms. The van der Waals surface area contributed by atoms with Gasteiger partial charge in [-0.1, -0.05) is 6.07 Å². The summed E-state index contributed by atoms with van der Waals surface area (Å²) in [7, 11) is 0. The Bertz CT molecular complexity index is 630. The van der Waals surface area contributed by atoms with Crippen LogP contribution in [0.5, 0.6) is 0 Å². The quantitative estimate of drug-likeness (QED) is 0.901. The van der Waals surface area contributed by atoms with Gasteiger partial charge in [0.05, 0.1) is 5.92 Å². The van der Waals surface area contributed by atoms with E-state index in [1.54, 1.807) is 6.20 Å². The van der Waals surface area contributed by atoms with Gasteiger partial charge in [0.15, 0.2) is 0 Å². The topological polar surface area (TPSA) is 70.5 Å². The highest BCUT2D eigenvalue weighted by atomic mass is 16.4. The SMILES string of the molecule is O=C(O)[C@@H]1C[C@H]2CC[C@@H]1N2C(=O)C1CCc2ncccc2C1. The number of aliphatic carboxylic acids is 1. The molecule has 0 spiro atoms. The Morgan fingerprint density at radius 1 is 1.27 bits per heavy atom. The van der Waals surface area contributed by atoms with Gasteiger partial charge in [0, 0.05) is 29.9 Å². The molecule has 3 aliphatic rings. The Balaban J connectivity index is 1.53. The Hall–Kier alpha value is -1.91. The molecule has 1 unspecified atom stereocenters. The van der Waals surface area contributed by atoms with Crippen LogP contribution in [0, 0.1) is 11.8 Å². The summed E-state index contributed by atoms with van der Waals surface area (Å²) in [6.07, 6.45) is 6.67. The second-order valence-electron chi connectivity index (χ2n) is 6.77. The lowest BCUT2D eigenvalue weighted by Crippen LogP contribution is -2.43. The summed E-state index contributed by atoms with van der Waals surface area (Å²) in [5, 5.41) is 9.33. The minimum atomic E-state index is -0.747. The smallest absolute Gasteiger partial charge is 0.308 e. The summed E-state index contributed by atoms with van der Waals surface area (Å²) in [4.78, 5) is 30.6. The maximum Gasteiger partial charge on any atom is 0.308 e. The molecule has 5 nitrogen and oxygen atoms in total. The van der Waals surface area contributed by atoms with Crippen molar-refractivity contribution in [3.63, 3.8) is 0 Å². The maximum atomic E-state index is 13.0. The van der Waals surface area contributed by atoms with E-state index in [2.05, 4.69) is 11.1 Å². The zero-order valence-electron chi connectivity index (χ0n) is 12.4. The minimum absolute atomic E-state index is 0.00709. The summed E-state index contributed by atoms with van der Waals surface area (Å²) in [6, 6.07) is 4.05. The van der Waals surface area contributed by atoms with Crippen molar-refractivity contribution in [1.82, 2.24) is 9.88 Å². The number of carbonyl (C=O) groups is 2. The van der Waals surface area contributed by atoms with Crippen molar-refractivity contribution in [1.29, 1.82) is 0 Å². The van der Waals surface area contributed by atoms with Gasteiger partial charge in [-0.05, 0) is 50.2 Å². The molecule has 1 N–H and O–H groups in total. The summed E-state index contributed by atoms with van der Waals surface area (Å²) in [5.74, 6) is -0.943. The number of hydrogen-bond donors (Lipinski definition) is 1. The number of hydrogen-bond acceptors (Lipinski definition) is 3. The Morgan fingerprint density at radius 2 is 2.14 bits per heavy atom. The largest absolute Gasteiger partial charge is 0.481 e. The van der Waals surface area contributed by atoms with Crippen molar-refractivity contribution in [3.05, 3.63) is 29.6 Å². The summed E-state index contributed by atoms with van der Waals surface area (Å²) in [6.45, 7) is 0. The third-order valence-corrected chi connectivity index (χ3v) is 5.64. The van der Waals surface area contributed by atoms with Crippen molar-refractivity contribution >= 4 is 11.9 Å². The van der Waals surface area contributed by atoms with Gasteiger partial charge in [-0.25, -0.2) is 0 Å². The average molecular weight is 300 g/mol. The number of pyridine rings is 1. The molecule has 0 radical (unpaired) electrons. The van der Waals surface area contributed by atoms with Gasteiger partial charge in [0.25, 0.3) is 0 Å². The highest BCUT2D eigenvalue weighted by Gasteiger charge is 2.52. The standard InChI is InChI=1S/C17H20N2O3/c20-16(11-3-5-14-10(8-11)2-1-7-18-14)19-12-4-6-15(19)13(9-12)17(21)22/h1-2,7,11-13,15H,3-6,8-9H2,(H,21,22)/t11?,12-,13-,15+/m1/s1. The molecule has 0 aromatic carbocycles. The van der Waals surface area contributed by atoms with Gasteiger partial charge in [0.2, 0.25) is 5.91 Å². The molecule has 3 heterocycles.